The molecule has 3 nitrogen and oxygen atoms in total. The van der Waals surface area contributed by atoms with Crippen LogP contribution in [0.3, 0.4) is 0 Å². The SMILES string of the molecule is CNC(Cc1cnn(C)c1)CC(C)CC(C)(C)C. The van der Waals surface area contributed by atoms with Crippen molar-refractivity contribution in [2.75, 3.05) is 7.05 Å². The third-order valence-corrected chi connectivity index (χ3v) is 3.30. The topological polar surface area (TPSA) is 29.9 Å². The molecule has 3 heteroatoms. The third-order valence-electron chi connectivity index (χ3n) is 3.30. The average molecular weight is 251 g/mol. The molecule has 18 heavy (non-hydrogen) atoms. The summed E-state index contributed by atoms with van der Waals surface area (Å²) < 4.78 is 1.88. The summed E-state index contributed by atoms with van der Waals surface area (Å²) in [5.74, 6) is 0.749. The van der Waals surface area contributed by atoms with Crippen LogP contribution < -0.4 is 5.32 Å². The van der Waals surface area contributed by atoms with Crippen molar-refractivity contribution >= 4 is 0 Å². The van der Waals surface area contributed by atoms with Crippen molar-refractivity contribution in [1.82, 2.24) is 15.1 Å². The second-order valence-corrected chi connectivity index (χ2v) is 6.82. The van der Waals surface area contributed by atoms with Gasteiger partial charge < -0.3 is 5.32 Å². The predicted molar refractivity (Wildman–Crippen MR) is 77.6 cm³/mol. The van der Waals surface area contributed by atoms with E-state index < -0.39 is 0 Å². The van der Waals surface area contributed by atoms with E-state index in [1.807, 2.05) is 17.9 Å². The van der Waals surface area contributed by atoms with Gasteiger partial charge in [0.2, 0.25) is 0 Å². The number of hydrogen-bond donors (Lipinski definition) is 1. The first kappa shape index (κ1) is 15.2. The molecule has 0 bridgehead atoms. The van der Waals surface area contributed by atoms with Gasteiger partial charge in [0.15, 0.2) is 0 Å². The molecular weight excluding hydrogens is 222 g/mol. The first-order valence-electron chi connectivity index (χ1n) is 6.95. The molecule has 0 amide bonds. The number of aromatic nitrogens is 2. The summed E-state index contributed by atoms with van der Waals surface area (Å²) in [5.41, 5.74) is 1.74. The number of hydrogen-bond acceptors (Lipinski definition) is 2. The number of aryl methyl sites for hydroxylation is 1. The summed E-state index contributed by atoms with van der Waals surface area (Å²) in [6.45, 7) is 9.32. The minimum Gasteiger partial charge on any atom is -0.317 e. The van der Waals surface area contributed by atoms with Crippen molar-refractivity contribution in [3.8, 4) is 0 Å². The predicted octanol–water partition coefficient (Wildman–Crippen LogP) is 3.01. The van der Waals surface area contributed by atoms with Crippen LogP contribution in [0.2, 0.25) is 0 Å². The van der Waals surface area contributed by atoms with Gasteiger partial charge in [0, 0.05) is 19.3 Å². The third kappa shape index (κ3) is 5.67. The highest BCUT2D eigenvalue weighted by molar-refractivity contribution is 5.06. The van der Waals surface area contributed by atoms with Crippen LogP contribution in [-0.2, 0) is 13.5 Å². The normalized spacial score (nSPS) is 15.7. The van der Waals surface area contributed by atoms with Crippen LogP contribution in [0.15, 0.2) is 12.4 Å². The largest absolute Gasteiger partial charge is 0.317 e. The van der Waals surface area contributed by atoms with Crippen molar-refractivity contribution in [2.45, 2.75) is 53.0 Å². The molecule has 0 fully saturated rings. The van der Waals surface area contributed by atoms with Crippen LogP contribution in [0.4, 0.5) is 0 Å². The Balaban J connectivity index is 2.46. The molecule has 0 saturated carbocycles. The Morgan fingerprint density at radius 1 is 1.39 bits per heavy atom. The van der Waals surface area contributed by atoms with Crippen molar-refractivity contribution in [3.63, 3.8) is 0 Å². The van der Waals surface area contributed by atoms with E-state index in [4.69, 9.17) is 0 Å². The van der Waals surface area contributed by atoms with Crippen molar-refractivity contribution in [2.24, 2.45) is 18.4 Å². The fourth-order valence-corrected chi connectivity index (χ4v) is 2.78. The van der Waals surface area contributed by atoms with Crippen molar-refractivity contribution in [3.05, 3.63) is 18.0 Å². The zero-order chi connectivity index (χ0) is 13.8. The number of rotatable bonds is 6. The van der Waals surface area contributed by atoms with Crippen LogP contribution in [0, 0.1) is 11.3 Å². The maximum absolute atomic E-state index is 4.23. The van der Waals surface area contributed by atoms with Gasteiger partial charge in [-0.3, -0.25) is 4.68 Å². The molecule has 0 spiro atoms. The van der Waals surface area contributed by atoms with Gasteiger partial charge in [-0.15, -0.1) is 0 Å². The summed E-state index contributed by atoms with van der Waals surface area (Å²) in [6.07, 6.45) is 7.65. The molecule has 1 aromatic rings. The number of likely N-dealkylation sites (N-methyl/N-ethyl adjacent to an activating group) is 1. The minimum absolute atomic E-state index is 0.423. The molecule has 1 rings (SSSR count). The van der Waals surface area contributed by atoms with Crippen LogP contribution in [0.1, 0.15) is 46.1 Å². The fraction of sp³-hybridized carbons (Fsp3) is 0.800. The first-order valence-corrected chi connectivity index (χ1v) is 6.95. The Hall–Kier alpha value is -0.830. The van der Waals surface area contributed by atoms with E-state index in [-0.39, 0.29) is 0 Å². The Labute approximate surface area is 112 Å². The summed E-state index contributed by atoms with van der Waals surface area (Å²) in [5, 5.41) is 7.67. The molecule has 1 N–H and O–H groups in total. The maximum Gasteiger partial charge on any atom is 0.0522 e. The molecule has 0 aliphatic heterocycles. The van der Waals surface area contributed by atoms with Gasteiger partial charge in [0.25, 0.3) is 0 Å². The van der Waals surface area contributed by atoms with Gasteiger partial charge >= 0.3 is 0 Å². The molecule has 0 aliphatic rings. The van der Waals surface area contributed by atoms with Gasteiger partial charge in [-0.05, 0) is 43.2 Å². The molecule has 1 heterocycles. The highest BCUT2D eigenvalue weighted by atomic mass is 15.2. The van der Waals surface area contributed by atoms with E-state index in [0.29, 0.717) is 11.5 Å². The van der Waals surface area contributed by atoms with Crippen LogP contribution in [0.5, 0.6) is 0 Å². The van der Waals surface area contributed by atoms with E-state index in [0.717, 1.165) is 12.3 Å². The van der Waals surface area contributed by atoms with Crippen molar-refractivity contribution in [1.29, 1.82) is 0 Å². The molecule has 1 aromatic heterocycles. The Kier molecular flexibility index (Phi) is 5.39. The van der Waals surface area contributed by atoms with Gasteiger partial charge in [0.05, 0.1) is 6.20 Å². The summed E-state index contributed by atoms with van der Waals surface area (Å²) in [4.78, 5) is 0. The highest BCUT2D eigenvalue weighted by Gasteiger charge is 2.18. The van der Waals surface area contributed by atoms with Crippen LogP contribution >= 0.6 is 0 Å². The summed E-state index contributed by atoms with van der Waals surface area (Å²) in [7, 11) is 4.03. The molecule has 0 aliphatic carbocycles. The maximum atomic E-state index is 4.23. The van der Waals surface area contributed by atoms with Gasteiger partial charge in [-0.1, -0.05) is 27.7 Å². The van der Waals surface area contributed by atoms with E-state index in [9.17, 15) is 0 Å². The highest BCUT2D eigenvalue weighted by Crippen LogP contribution is 2.27. The van der Waals surface area contributed by atoms with Gasteiger partial charge in [-0.2, -0.15) is 5.10 Å². The summed E-state index contributed by atoms with van der Waals surface area (Å²) in [6, 6.07) is 0.548. The second-order valence-electron chi connectivity index (χ2n) is 6.82. The quantitative estimate of drug-likeness (QED) is 0.842. The summed E-state index contributed by atoms with van der Waals surface area (Å²) >= 11 is 0. The van der Waals surface area contributed by atoms with Gasteiger partial charge in [0.1, 0.15) is 0 Å². The standard InChI is InChI=1S/C15H29N3/c1-12(9-15(2,3)4)7-14(16-5)8-13-10-17-18(6)11-13/h10-12,14,16H,7-9H2,1-6H3. The first-order chi connectivity index (χ1) is 8.30. The van der Waals surface area contributed by atoms with Gasteiger partial charge in [-0.25, -0.2) is 0 Å². The molecule has 104 valence electrons. The van der Waals surface area contributed by atoms with E-state index in [2.05, 4.69) is 51.4 Å². The molecule has 2 unspecified atom stereocenters. The van der Waals surface area contributed by atoms with Crippen molar-refractivity contribution < 1.29 is 0 Å². The van der Waals surface area contributed by atoms with E-state index >= 15 is 0 Å². The molecular formula is C15H29N3. The molecule has 0 radical (unpaired) electrons. The lowest BCUT2D eigenvalue weighted by Crippen LogP contribution is -2.30. The monoisotopic (exact) mass is 251 g/mol. The lowest BCUT2D eigenvalue weighted by Gasteiger charge is -2.26. The lowest BCUT2D eigenvalue weighted by atomic mass is 9.82. The molecule has 0 saturated heterocycles. The van der Waals surface area contributed by atoms with Crippen LogP contribution in [0.25, 0.3) is 0 Å². The molecule has 2 atom stereocenters. The Morgan fingerprint density at radius 3 is 2.50 bits per heavy atom. The minimum atomic E-state index is 0.423. The lowest BCUT2D eigenvalue weighted by molar-refractivity contribution is 0.277. The second kappa shape index (κ2) is 6.37. The van der Waals surface area contributed by atoms with E-state index in [1.54, 1.807) is 0 Å². The Morgan fingerprint density at radius 2 is 2.06 bits per heavy atom. The van der Waals surface area contributed by atoms with E-state index in [1.165, 1.54) is 18.4 Å². The zero-order valence-corrected chi connectivity index (χ0v) is 12.8. The number of nitrogens with one attached hydrogen (secondary N) is 1. The fourth-order valence-electron chi connectivity index (χ4n) is 2.78. The Bertz CT molecular complexity index is 349. The smallest absolute Gasteiger partial charge is 0.0522 e. The average Bonchev–Trinajstić information content (AvgIpc) is 2.60. The zero-order valence-electron chi connectivity index (χ0n) is 12.8. The number of nitrogens with zero attached hydrogens (tertiary/aromatic N) is 2. The van der Waals surface area contributed by atoms with Crippen LogP contribution in [-0.4, -0.2) is 22.9 Å². The molecule has 0 aromatic carbocycles.